The SMILES string of the molecule is CCCCCCCCCCC(c1ccccc1C)n1ccnc1. The molecule has 1 aromatic carbocycles. The predicted molar refractivity (Wildman–Crippen MR) is 98.8 cm³/mol. The second kappa shape index (κ2) is 10.3. The number of hydrogen-bond acceptors (Lipinski definition) is 1. The summed E-state index contributed by atoms with van der Waals surface area (Å²) in [7, 11) is 0. The van der Waals surface area contributed by atoms with Crippen molar-refractivity contribution >= 4 is 0 Å². The topological polar surface area (TPSA) is 17.8 Å². The third kappa shape index (κ3) is 5.85. The average molecular weight is 313 g/mol. The Bertz CT molecular complexity index is 531. The van der Waals surface area contributed by atoms with E-state index in [0.717, 1.165) is 0 Å². The highest BCUT2D eigenvalue weighted by Gasteiger charge is 2.14. The molecule has 0 spiro atoms. The van der Waals surface area contributed by atoms with Gasteiger partial charge in [0, 0.05) is 12.4 Å². The van der Waals surface area contributed by atoms with Crippen molar-refractivity contribution in [1.82, 2.24) is 9.55 Å². The van der Waals surface area contributed by atoms with Crippen molar-refractivity contribution in [3.63, 3.8) is 0 Å². The number of rotatable bonds is 11. The van der Waals surface area contributed by atoms with Crippen LogP contribution in [0.4, 0.5) is 0 Å². The lowest BCUT2D eigenvalue weighted by atomic mass is 9.96. The molecule has 1 atom stereocenters. The Morgan fingerprint density at radius 2 is 1.65 bits per heavy atom. The molecule has 0 fully saturated rings. The molecule has 0 aliphatic heterocycles. The van der Waals surface area contributed by atoms with Crippen molar-refractivity contribution in [2.24, 2.45) is 0 Å². The summed E-state index contributed by atoms with van der Waals surface area (Å²) in [5.74, 6) is 0. The van der Waals surface area contributed by atoms with E-state index in [0.29, 0.717) is 6.04 Å². The largest absolute Gasteiger partial charge is 0.330 e. The number of aryl methyl sites for hydroxylation is 1. The molecule has 1 unspecified atom stereocenters. The van der Waals surface area contributed by atoms with E-state index < -0.39 is 0 Å². The molecule has 0 saturated carbocycles. The monoisotopic (exact) mass is 312 g/mol. The fourth-order valence-corrected chi connectivity index (χ4v) is 3.35. The van der Waals surface area contributed by atoms with Gasteiger partial charge < -0.3 is 4.57 Å². The number of nitrogens with zero attached hydrogens (tertiary/aromatic N) is 2. The highest BCUT2D eigenvalue weighted by molar-refractivity contribution is 5.29. The van der Waals surface area contributed by atoms with Crippen LogP contribution in [-0.2, 0) is 0 Å². The third-order valence-corrected chi connectivity index (χ3v) is 4.76. The molecule has 126 valence electrons. The molecular weight excluding hydrogens is 280 g/mol. The Balaban J connectivity index is 1.82. The zero-order chi connectivity index (χ0) is 16.3. The van der Waals surface area contributed by atoms with Crippen LogP contribution in [0.25, 0.3) is 0 Å². The van der Waals surface area contributed by atoms with Crippen LogP contribution < -0.4 is 0 Å². The van der Waals surface area contributed by atoms with Gasteiger partial charge in [0.25, 0.3) is 0 Å². The van der Waals surface area contributed by atoms with E-state index in [1.165, 1.54) is 68.9 Å². The lowest BCUT2D eigenvalue weighted by molar-refractivity contribution is 0.487. The molecule has 23 heavy (non-hydrogen) atoms. The van der Waals surface area contributed by atoms with Crippen molar-refractivity contribution in [2.45, 2.75) is 77.7 Å². The smallest absolute Gasteiger partial charge is 0.0951 e. The van der Waals surface area contributed by atoms with Crippen LogP contribution in [0.5, 0.6) is 0 Å². The fraction of sp³-hybridized carbons (Fsp3) is 0.571. The molecule has 0 aliphatic rings. The Labute approximate surface area is 142 Å². The van der Waals surface area contributed by atoms with Crippen molar-refractivity contribution in [1.29, 1.82) is 0 Å². The van der Waals surface area contributed by atoms with Gasteiger partial charge >= 0.3 is 0 Å². The van der Waals surface area contributed by atoms with Gasteiger partial charge in [-0.05, 0) is 24.5 Å². The summed E-state index contributed by atoms with van der Waals surface area (Å²) in [6.45, 7) is 4.49. The lowest BCUT2D eigenvalue weighted by Crippen LogP contribution is -2.10. The summed E-state index contributed by atoms with van der Waals surface area (Å²) in [4.78, 5) is 4.25. The molecule has 2 heteroatoms. The highest BCUT2D eigenvalue weighted by Crippen LogP contribution is 2.27. The summed E-state index contributed by atoms with van der Waals surface area (Å²) in [5.41, 5.74) is 2.82. The first-order chi connectivity index (χ1) is 11.3. The summed E-state index contributed by atoms with van der Waals surface area (Å²) >= 11 is 0. The highest BCUT2D eigenvalue weighted by atomic mass is 15.0. The second-order valence-corrected chi connectivity index (χ2v) is 6.65. The minimum Gasteiger partial charge on any atom is -0.330 e. The molecule has 0 amide bonds. The Morgan fingerprint density at radius 3 is 2.30 bits per heavy atom. The summed E-state index contributed by atoms with van der Waals surface area (Å²) in [5, 5.41) is 0. The van der Waals surface area contributed by atoms with Crippen LogP contribution in [-0.4, -0.2) is 9.55 Å². The Morgan fingerprint density at radius 1 is 0.957 bits per heavy atom. The number of aromatic nitrogens is 2. The van der Waals surface area contributed by atoms with Crippen LogP contribution in [0, 0.1) is 6.92 Å². The van der Waals surface area contributed by atoms with Crippen LogP contribution in [0.2, 0.25) is 0 Å². The molecule has 2 aromatic rings. The van der Waals surface area contributed by atoms with Crippen LogP contribution in [0.1, 0.15) is 81.9 Å². The van der Waals surface area contributed by atoms with E-state index in [1.54, 1.807) is 0 Å². The van der Waals surface area contributed by atoms with Gasteiger partial charge in [-0.3, -0.25) is 0 Å². The molecule has 0 saturated heterocycles. The van der Waals surface area contributed by atoms with Gasteiger partial charge in [-0.2, -0.15) is 0 Å². The molecule has 2 rings (SSSR count). The molecule has 0 N–H and O–H groups in total. The van der Waals surface area contributed by atoms with Crippen molar-refractivity contribution in [2.75, 3.05) is 0 Å². The Kier molecular flexibility index (Phi) is 7.92. The maximum Gasteiger partial charge on any atom is 0.0951 e. The van der Waals surface area contributed by atoms with Gasteiger partial charge in [0.15, 0.2) is 0 Å². The molecular formula is C21H32N2. The number of imidazole rings is 1. The molecule has 0 radical (unpaired) electrons. The quantitative estimate of drug-likeness (QED) is 0.444. The molecule has 0 aliphatic carbocycles. The maximum atomic E-state index is 4.25. The van der Waals surface area contributed by atoms with Crippen LogP contribution in [0.3, 0.4) is 0 Å². The second-order valence-electron chi connectivity index (χ2n) is 6.65. The fourth-order valence-electron chi connectivity index (χ4n) is 3.35. The summed E-state index contributed by atoms with van der Waals surface area (Å²) in [6.07, 6.45) is 18.1. The normalized spacial score (nSPS) is 12.4. The molecule has 2 nitrogen and oxygen atoms in total. The predicted octanol–water partition coefficient (Wildman–Crippen LogP) is 6.31. The zero-order valence-electron chi connectivity index (χ0n) is 14.9. The summed E-state index contributed by atoms with van der Waals surface area (Å²) < 4.78 is 2.27. The van der Waals surface area contributed by atoms with E-state index in [4.69, 9.17) is 0 Å². The van der Waals surface area contributed by atoms with Gasteiger partial charge in [0.05, 0.1) is 12.4 Å². The van der Waals surface area contributed by atoms with Gasteiger partial charge in [-0.15, -0.1) is 0 Å². The van der Waals surface area contributed by atoms with Gasteiger partial charge in [0.1, 0.15) is 0 Å². The van der Waals surface area contributed by atoms with E-state index in [2.05, 4.69) is 53.9 Å². The lowest BCUT2D eigenvalue weighted by Gasteiger charge is -2.21. The van der Waals surface area contributed by atoms with Crippen LogP contribution in [0.15, 0.2) is 43.0 Å². The van der Waals surface area contributed by atoms with Crippen molar-refractivity contribution in [3.8, 4) is 0 Å². The number of hydrogen-bond donors (Lipinski definition) is 0. The Hall–Kier alpha value is -1.57. The minimum atomic E-state index is 0.429. The third-order valence-electron chi connectivity index (χ3n) is 4.76. The zero-order valence-corrected chi connectivity index (χ0v) is 14.9. The maximum absolute atomic E-state index is 4.25. The summed E-state index contributed by atoms with van der Waals surface area (Å²) in [6, 6.07) is 9.19. The molecule has 0 bridgehead atoms. The van der Waals surface area contributed by atoms with Crippen molar-refractivity contribution < 1.29 is 0 Å². The molecule has 1 aromatic heterocycles. The van der Waals surface area contributed by atoms with Crippen molar-refractivity contribution in [3.05, 3.63) is 54.1 Å². The number of benzene rings is 1. The van der Waals surface area contributed by atoms with E-state index in [9.17, 15) is 0 Å². The average Bonchev–Trinajstić information content (AvgIpc) is 3.09. The molecule has 1 heterocycles. The van der Waals surface area contributed by atoms with E-state index in [1.807, 2.05) is 12.5 Å². The van der Waals surface area contributed by atoms with E-state index >= 15 is 0 Å². The number of unbranched alkanes of at least 4 members (excludes halogenated alkanes) is 7. The van der Waals surface area contributed by atoms with Gasteiger partial charge in [-0.25, -0.2) is 4.98 Å². The van der Waals surface area contributed by atoms with Gasteiger partial charge in [0.2, 0.25) is 0 Å². The minimum absolute atomic E-state index is 0.429. The first-order valence-corrected chi connectivity index (χ1v) is 9.36. The van der Waals surface area contributed by atoms with Crippen LogP contribution >= 0.6 is 0 Å². The first kappa shape index (κ1) is 17.8. The van der Waals surface area contributed by atoms with E-state index in [-0.39, 0.29) is 0 Å². The van der Waals surface area contributed by atoms with Gasteiger partial charge in [-0.1, -0.05) is 82.6 Å². The first-order valence-electron chi connectivity index (χ1n) is 9.36. The standard InChI is InChI=1S/C21H32N2/c1-3-4-5-6-7-8-9-10-15-21(23-17-16-22-18-23)20-14-12-11-13-19(20)2/h11-14,16-18,21H,3-10,15H2,1-2H3.